The van der Waals surface area contributed by atoms with Crippen molar-refractivity contribution < 1.29 is 14.6 Å². The predicted molar refractivity (Wildman–Crippen MR) is 85.3 cm³/mol. The molecule has 1 fully saturated rings. The van der Waals surface area contributed by atoms with Gasteiger partial charge >= 0.3 is 5.97 Å². The van der Waals surface area contributed by atoms with Gasteiger partial charge in [0, 0.05) is 15.1 Å². The van der Waals surface area contributed by atoms with Gasteiger partial charge in [-0.15, -0.1) is 0 Å². The van der Waals surface area contributed by atoms with E-state index in [1.807, 2.05) is 6.92 Å². The van der Waals surface area contributed by atoms with Crippen molar-refractivity contribution in [2.45, 2.75) is 44.6 Å². The van der Waals surface area contributed by atoms with Gasteiger partial charge in [0.1, 0.15) is 5.57 Å². The molecule has 0 atom stereocenters. The molecule has 1 saturated carbocycles. The SMILES string of the molecule is Cc1cc(C2=C(O)C3(CCCCC3)OC2=O)c(Cl)cc1Br. The lowest BCUT2D eigenvalue weighted by molar-refractivity contribution is -0.149. The zero-order valence-electron chi connectivity index (χ0n) is 11.7. The minimum Gasteiger partial charge on any atom is -0.507 e. The third-order valence-electron chi connectivity index (χ3n) is 4.34. The molecule has 1 aliphatic heterocycles. The van der Waals surface area contributed by atoms with Crippen LogP contribution in [0, 0.1) is 6.92 Å². The number of ether oxygens (including phenoxy) is 1. The number of hydrogen-bond acceptors (Lipinski definition) is 3. The topological polar surface area (TPSA) is 46.5 Å². The monoisotopic (exact) mass is 370 g/mol. The summed E-state index contributed by atoms with van der Waals surface area (Å²) in [5, 5.41) is 11.1. The van der Waals surface area contributed by atoms with Gasteiger partial charge in [-0.05, 0) is 50.3 Å². The predicted octanol–water partition coefficient (Wildman–Crippen LogP) is 4.94. The number of aliphatic hydroxyl groups is 1. The molecule has 0 amide bonds. The Kier molecular flexibility index (Phi) is 3.78. The molecule has 0 saturated heterocycles. The molecule has 3 rings (SSSR count). The fourth-order valence-corrected chi connectivity index (χ4v) is 3.88. The van der Waals surface area contributed by atoms with E-state index in [-0.39, 0.29) is 11.3 Å². The van der Waals surface area contributed by atoms with Gasteiger partial charge in [0.15, 0.2) is 11.4 Å². The normalized spacial score (nSPS) is 21.0. The van der Waals surface area contributed by atoms with Crippen LogP contribution < -0.4 is 0 Å². The number of esters is 1. The van der Waals surface area contributed by atoms with Crippen molar-refractivity contribution in [2.24, 2.45) is 0 Å². The molecule has 1 spiro atoms. The number of carbonyl (C=O) groups is 1. The van der Waals surface area contributed by atoms with Gasteiger partial charge in [0.2, 0.25) is 0 Å². The van der Waals surface area contributed by atoms with Crippen molar-refractivity contribution >= 4 is 39.1 Å². The first kappa shape index (κ1) is 14.9. The highest BCUT2D eigenvalue weighted by molar-refractivity contribution is 9.10. The maximum atomic E-state index is 12.3. The summed E-state index contributed by atoms with van der Waals surface area (Å²) in [7, 11) is 0. The molecule has 112 valence electrons. The summed E-state index contributed by atoms with van der Waals surface area (Å²) in [6, 6.07) is 3.55. The lowest BCUT2D eigenvalue weighted by Gasteiger charge is -2.31. The second-order valence-corrected chi connectivity index (χ2v) is 7.01. The van der Waals surface area contributed by atoms with E-state index in [1.54, 1.807) is 12.1 Å². The second-order valence-electron chi connectivity index (χ2n) is 5.75. The minimum atomic E-state index is -0.824. The molecular formula is C16H16BrClO3. The number of aliphatic hydroxyl groups excluding tert-OH is 1. The highest BCUT2D eigenvalue weighted by atomic mass is 79.9. The van der Waals surface area contributed by atoms with E-state index in [9.17, 15) is 9.90 Å². The molecule has 5 heteroatoms. The van der Waals surface area contributed by atoms with Crippen molar-refractivity contribution in [1.29, 1.82) is 0 Å². The van der Waals surface area contributed by atoms with Gasteiger partial charge in [0.25, 0.3) is 0 Å². The molecule has 0 unspecified atom stereocenters. The van der Waals surface area contributed by atoms with Gasteiger partial charge in [-0.2, -0.15) is 0 Å². The van der Waals surface area contributed by atoms with E-state index < -0.39 is 11.6 Å². The lowest BCUT2D eigenvalue weighted by Crippen LogP contribution is -2.34. The zero-order chi connectivity index (χ0) is 15.2. The van der Waals surface area contributed by atoms with Crippen LogP contribution in [-0.2, 0) is 9.53 Å². The maximum Gasteiger partial charge on any atom is 0.343 e. The summed E-state index contributed by atoms with van der Waals surface area (Å²) in [5.41, 5.74) is 0.890. The van der Waals surface area contributed by atoms with Crippen LogP contribution in [0.1, 0.15) is 43.2 Å². The summed E-state index contributed by atoms with van der Waals surface area (Å²) < 4.78 is 6.43. The molecule has 0 aromatic heterocycles. The first-order valence-corrected chi connectivity index (χ1v) is 8.25. The average molecular weight is 372 g/mol. The number of carbonyl (C=O) groups excluding carboxylic acids is 1. The Hall–Kier alpha value is -1.00. The zero-order valence-corrected chi connectivity index (χ0v) is 14.1. The number of aryl methyl sites for hydroxylation is 1. The first-order chi connectivity index (χ1) is 9.94. The first-order valence-electron chi connectivity index (χ1n) is 7.08. The number of halogens is 2. The molecule has 1 aliphatic carbocycles. The fourth-order valence-electron chi connectivity index (χ4n) is 3.15. The molecular weight excluding hydrogens is 356 g/mol. The van der Waals surface area contributed by atoms with Gasteiger partial charge in [-0.1, -0.05) is 34.0 Å². The van der Waals surface area contributed by atoms with Crippen LogP contribution in [0.3, 0.4) is 0 Å². The van der Waals surface area contributed by atoms with Gasteiger partial charge in [-0.3, -0.25) is 0 Å². The van der Waals surface area contributed by atoms with Crippen LogP contribution in [0.25, 0.3) is 5.57 Å². The Morgan fingerprint density at radius 3 is 2.62 bits per heavy atom. The number of benzene rings is 1. The summed E-state index contributed by atoms with van der Waals surface area (Å²) >= 11 is 9.67. The van der Waals surface area contributed by atoms with Gasteiger partial charge in [-0.25, -0.2) is 4.79 Å². The third-order valence-corrected chi connectivity index (χ3v) is 5.51. The highest BCUT2D eigenvalue weighted by Gasteiger charge is 2.49. The summed E-state index contributed by atoms with van der Waals surface area (Å²) in [6.45, 7) is 1.91. The van der Waals surface area contributed by atoms with Gasteiger partial charge in [0.05, 0.1) is 0 Å². The largest absolute Gasteiger partial charge is 0.507 e. The van der Waals surface area contributed by atoms with E-state index in [0.717, 1.165) is 29.3 Å². The summed E-state index contributed by atoms with van der Waals surface area (Å²) in [5.74, 6) is -0.422. The van der Waals surface area contributed by atoms with Crippen LogP contribution in [0.2, 0.25) is 5.02 Å². The van der Waals surface area contributed by atoms with Crippen molar-refractivity contribution in [3.63, 3.8) is 0 Å². The summed E-state index contributed by atoms with van der Waals surface area (Å²) in [6.07, 6.45) is 4.39. The Bertz CT molecular complexity index is 645. The summed E-state index contributed by atoms with van der Waals surface area (Å²) in [4.78, 5) is 12.3. The minimum absolute atomic E-state index is 0.0517. The average Bonchev–Trinajstić information content (AvgIpc) is 2.67. The smallest absolute Gasteiger partial charge is 0.343 e. The second kappa shape index (κ2) is 5.33. The Balaban J connectivity index is 2.12. The molecule has 21 heavy (non-hydrogen) atoms. The third kappa shape index (κ3) is 2.38. The van der Waals surface area contributed by atoms with Crippen LogP contribution in [0.4, 0.5) is 0 Å². The van der Waals surface area contributed by atoms with Crippen LogP contribution in [-0.4, -0.2) is 16.7 Å². The number of rotatable bonds is 1. The van der Waals surface area contributed by atoms with E-state index in [1.165, 1.54) is 0 Å². The van der Waals surface area contributed by atoms with Crippen molar-refractivity contribution in [3.05, 3.63) is 38.5 Å². The van der Waals surface area contributed by atoms with E-state index in [4.69, 9.17) is 16.3 Å². The standard InChI is InChI=1S/C16H16BrClO3/c1-9-7-10(12(18)8-11(9)17)13-14(19)16(21-15(13)20)5-3-2-4-6-16/h7-8,19H,2-6H2,1H3. The Labute approximate surface area is 137 Å². The van der Waals surface area contributed by atoms with Gasteiger partial charge < -0.3 is 9.84 Å². The van der Waals surface area contributed by atoms with E-state index >= 15 is 0 Å². The quantitative estimate of drug-likeness (QED) is 0.711. The molecule has 0 radical (unpaired) electrons. The van der Waals surface area contributed by atoms with Crippen LogP contribution in [0.5, 0.6) is 0 Å². The Morgan fingerprint density at radius 1 is 1.29 bits per heavy atom. The van der Waals surface area contributed by atoms with Crippen LogP contribution in [0.15, 0.2) is 22.4 Å². The van der Waals surface area contributed by atoms with Crippen molar-refractivity contribution in [3.8, 4) is 0 Å². The Morgan fingerprint density at radius 2 is 1.95 bits per heavy atom. The maximum absolute atomic E-state index is 12.3. The molecule has 2 aliphatic rings. The molecule has 3 nitrogen and oxygen atoms in total. The molecule has 1 N–H and O–H groups in total. The van der Waals surface area contributed by atoms with E-state index in [0.29, 0.717) is 23.4 Å². The molecule has 0 bridgehead atoms. The van der Waals surface area contributed by atoms with E-state index in [2.05, 4.69) is 15.9 Å². The molecule has 1 aromatic carbocycles. The lowest BCUT2D eigenvalue weighted by atomic mass is 9.82. The van der Waals surface area contributed by atoms with Crippen LogP contribution >= 0.6 is 27.5 Å². The molecule has 1 aromatic rings. The number of hydrogen-bond donors (Lipinski definition) is 1. The van der Waals surface area contributed by atoms with Crippen molar-refractivity contribution in [1.82, 2.24) is 0 Å². The molecule has 1 heterocycles. The van der Waals surface area contributed by atoms with Crippen molar-refractivity contribution in [2.75, 3.05) is 0 Å². The fraction of sp³-hybridized carbons (Fsp3) is 0.438. The highest BCUT2D eigenvalue weighted by Crippen LogP contribution is 2.46.